The van der Waals surface area contributed by atoms with Crippen LogP contribution in [0.3, 0.4) is 0 Å². The number of hydrogen-bond donors (Lipinski definition) is 0. The molecular formula is C21H29N7O3S2. The Morgan fingerprint density at radius 2 is 1.94 bits per heavy atom. The first-order valence-electron chi connectivity index (χ1n) is 11.6. The number of ether oxygens (including phenoxy) is 1. The Hall–Kier alpha value is -2.02. The minimum atomic E-state index is -3.56. The number of thioether (sulfide) groups is 1. The molecule has 1 saturated carbocycles. The molecular weight excluding hydrogens is 462 g/mol. The number of morpholine rings is 1. The Bertz CT molecular complexity index is 1210. The van der Waals surface area contributed by atoms with Crippen molar-refractivity contribution in [2.45, 2.75) is 67.4 Å². The first-order valence-corrected chi connectivity index (χ1v) is 14.0. The topological polar surface area (TPSA) is 108 Å². The van der Waals surface area contributed by atoms with Crippen molar-refractivity contribution in [1.29, 1.82) is 0 Å². The van der Waals surface area contributed by atoms with Gasteiger partial charge in [-0.3, -0.25) is 0 Å². The molecule has 178 valence electrons. The van der Waals surface area contributed by atoms with Crippen LogP contribution in [0.5, 0.6) is 0 Å². The molecule has 1 aromatic carbocycles. The lowest BCUT2D eigenvalue weighted by molar-refractivity contribution is 0.0730. The quantitative estimate of drug-likeness (QED) is 0.464. The SMILES string of the molecule is CCn1c(CSc2nnnn2C2CCCCC2)nc2cc(S(=O)(=O)N3CCOCC3)ccc21. The predicted molar refractivity (Wildman–Crippen MR) is 124 cm³/mol. The van der Waals surface area contributed by atoms with Crippen LogP contribution in [0.1, 0.15) is 50.9 Å². The van der Waals surface area contributed by atoms with E-state index < -0.39 is 10.0 Å². The first-order chi connectivity index (χ1) is 16.1. The number of tetrazole rings is 1. The van der Waals surface area contributed by atoms with E-state index in [-0.39, 0.29) is 4.90 Å². The summed E-state index contributed by atoms with van der Waals surface area (Å²) < 4.78 is 37.0. The van der Waals surface area contributed by atoms with Gasteiger partial charge < -0.3 is 9.30 Å². The molecule has 0 amide bonds. The van der Waals surface area contributed by atoms with Crippen molar-refractivity contribution in [3.8, 4) is 0 Å². The number of hydrogen-bond acceptors (Lipinski definition) is 8. The number of fused-ring (bicyclic) bond motifs is 1. The van der Waals surface area contributed by atoms with Gasteiger partial charge in [0.25, 0.3) is 0 Å². The van der Waals surface area contributed by atoms with Gasteiger partial charge in [0.15, 0.2) is 0 Å². The number of sulfonamides is 1. The number of imidazole rings is 1. The molecule has 2 aliphatic rings. The zero-order valence-electron chi connectivity index (χ0n) is 18.8. The van der Waals surface area contributed by atoms with Crippen LogP contribution >= 0.6 is 11.8 Å². The molecule has 10 nitrogen and oxygen atoms in total. The van der Waals surface area contributed by atoms with Gasteiger partial charge in [0.2, 0.25) is 15.2 Å². The standard InChI is InChI=1S/C21H29N7O3S2/c1-2-27-19-9-8-17(33(29,30)26-10-12-31-13-11-26)14-18(19)22-20(27)15-32-21-23-24-25-28(21)16-6-4-3-5-7-16/h8-9,14,16H,2-7,10-13,15H2,1H3. The zero-order valence-corrected chi connectivity index (χ0v) is 20.4. The number of aromatic nitrogens is 6. The summed E-state index contributed by atoms with van der Waals surface area (Å²) in [5, 5.41) is 13.2. The van der Waals surface area contributed by atoms with Crippen molar-refractivity contribution in [1.82, 2.24) is 34.1 Å². The minimum Gasteiger partial charge on any atom is -0.379 e. The first kappa shape index (κ1) is 22.8. The van der Waals surface area contributed by atoms with Crippen LogP contribution in [0.2, 0.25) is 0 Å². The Morgan fingerprint density at radius 1 is 1.15 bits per heavy atom. The number of nitrogens with zero attached hydrogens (tertiary/aromatic N) is 7. The summed E-state index contributed by atoms with van der Waals surface area (Å²) in [5.41, 5.74) is 1.62. The van der Waals surface area contributed by atoms with E-state index in [1.807, 2.05) is 10.7 Å². The third-order valence-electron chi connectivity index (χ3n) is 6.44. The maximum Gasteiger partial charge on any atom is 0.243 e. The molecule has 33 heavy (non-hydrogen) atoms. The molecule has 12 heteroatoms. The van der Waals surface area contributed by atoms with Crippen LogP contribution in [-0.2, 0) is 27.1 Å². The van der Waals surface area contributed by atoms with Crippen LogP contribution in [-0.4, -0.2) is 68.8 Å². The fourth-order valence-electron chi connectivity index (χ4n) is 4.68. The van der Waals surface area contributed by atoms with Gasteiger partial charge in [-0.05, 0) is 48.4 Å². The average Bonchev–Trinajstić information content (AvgIpc) is 3.47. The maximum atomic E-state index is 13.1. The van der Waals surface area contributed by atoms with E-state index in [9.17, 15) is 8.42 Å². The lowest BCUT2D eigenvalue weighted by atomic mass is 9.96. The second-order valence-corrected chi connectivity index (χ2v) is 11.3. The Labute approximate surface area is 197 Å². The summed E-state index contributed by atoms with van der Waals surface area (Å²) in [6, 6.07) is 5.60. The Morgan fingerprint density at radius 3 is 2.70 bits per heavy atom. The van der Waals surface area contributed by atoms with Crippen LogP contribution in [0, 0.1) is 0 Å². The highest BCUT2D eigenvalue weighted by Crippen LogP contribution is 2.32. The summed E-state index contributed by atoms with van der Waals surface area (Å²) >= 11 is 1.58. The molecule has 0 atom stereocenters. The van der Waals surface area contributed by atoms with Gasteiger partial charge in [-0.1, -0.05) is 31.0 Å². The van der Waals surface area contributed by atoms with E-state index in [1.54, 1.807) is 23.9 Å². The molecule has 0 unspecified atom stereocenters. The number of aryl methyl sites for hydroxylation is 1. The van der Waals surface area contributed by atoms with E-state index in [2.05, 4.69) is 27.0 Å². The van der Waals surface area contributed by atoms with Gasteiger partial charge in [0, 0.05) is 19.6 Å². The second kappa shape index (κ2) is 9.69. The van der Waals surface area contributed by atoms with E-state index in [1.165, 1.54) is 23.6 Å². The van der Waals surface area contributed by atoms with E-state index in [0.29, 0.717) is 43.6 Å². The van der Waals surface area contributed by atoms with Crippen molar-refractivity contribution in [2.24, 2.45) is 0 Å². The highest BCUT2D eigenvalue weighted by atomic mass is 32.2. The minimum absolute atomic E-state index is 0.276. The molecule has 2 fully saturated rings. The Balaban J connectivity index is 1.39. The largest absolute Gasteiger partial charge is 0.379 e. The second-order valence-electron chi connectivity index (χ2n) is 8.43. The highest BCUT2D eigenvalue weighted by Gasteiger charge is 2.27. The number of rotatable bonds is 7. The van der Waals surface area contributed by atoms with Gasteiger partial charge in [-0.15, -0.1) is 5.10 Å². The van der Waals surface area contributed by atoms with Crippen molar-refractivity contribution in [2.75, 3.05) is 26.3 Å². The molecule has 3 heterocycles. The summed E-state index contributed by atoms with van der Waals surface area (Å²) in [5.74, 6) is 1.50. The Kier molecular flexibility index (Phi) is 6.68. The van der Waals surface area contributed by atoms with Gasteiger partial charge in [-0.2, -0.15) is 4.31 Å². The van der Waals surface area contributed by atoms with Crippen LogP contribution < -0.4 is 0 Å². The molecule has 0 bridgehead atoms. The summed E-state index contributed by atoms with van der Waals surface area (Å²) in [6.07, 6.45) is 5.95. The summed E-state index contributed by atoms with van der Waals surface area (Å²) in [4.78, 5) is 5.08. The van der Waals surface area contributed by atoms with Crippen LogP contribution in [0.4, 0.5) is 0 Å². The normalized spacial score (nSPS) is 18.8. The fraction of sp³-hybridized carbons (Fsp3) is 0.619. The maximum absolute atomic E-state index is 13.1. The van der Waals surface area contributed by atoms with Crippen molar-refractivity contribution in [3.63, 3.8) is 0 Å². The van der Waals surface area contributed by atoms with E-state index in [0.717, 1.165) is 35.9 Å². The van der Waals surface area contributed by atoms with Gasteiger partial charge in [-0.25, -0.2) is 18.1 Å². The van der Waals surface area contributed by atoms with E-state index >= 15 is 0 Å². The lowest BCUT2D eigenvalue weighted by Crippen LogP contribution is -2.40. The van der Waals surface area contributed by atoms with Gasteiger partial charge in [0.05, 0.1) is 40.9 Å². The monoisotopic (exact) mass is 491 g/mol. The molecule has 5 rings (SSSR count). The van der Waals surface area contributed by atoms with Gasteiger partial charge >= 0.3 is 0 Å². The molecule has 3 aromatic rings. The fourth-order valence-corrected chi connectivity index (χ4v) is 7.00. The smallest absolute Gasteiger partial charge is 0.243 e. The zero-order chi connectivity index (χ0) is 22.8. The summed E-state index contributed by atoms with van der Waals surface area (Å²) in [6.45, 7) is 4.42. The molecule has 0 N–H and O–H groups in total. The van der Waals surface area contributed by atoms with Crippen LogP contribution in [0.25, 0.3) is 11.0 Å². The lowest BCUT2D eigenvalue weighted by Gasteiger charge is -2.26. The predicted octanol–water partition coefficient (Wildman–Crippen LogP) is 2.86. The summed E-state index contributed by atoms with van der Waals surface area (Å²) in [7, 11) is -3.56. The van der Waals surface area contributed by atoms with Crippen molar-refractivity contribution in [3.05, 3.63) is 24.0 Å². The molecule has 0 radical (unpaired) electrons. The van der Waals surface area contributed by atoms with Crippen molar-refractivity contribution < 1.29 is 13.2 Å². The average molecular weight is 492 g/mol. The molecule has 1 saturated heterocycles. The third-order valence-corrected chi connectivity index (χ3v) is 9.26. The third kappa shape index (κ3) is 4.53. The molecule has 2 aromatic heterocycles. The molecule has 1 aliphatic carbocycles. The highest BCUT2D eigenvalue weighted by molar-refractivity contribution is 7.98. The molecule has 0 spiro atoms. The van der Waals surface area contributed by atoms with Crippen molar-refractivity contribution >= 4 is 32.8 Å². The molecule has 1 aliphatic heterocycles. The van der Waals surface area contributed by atoms with E-state index in [4.69, 9.17) is 9.72 Å². The van der Waals surface area contributed by atoms with Crippen LogP contribution in [0.15, 0.2) is 28.3 Å². The number of benzene rings is 1. The van der Waals surface area contributed by atoms with Gasteiger partial charge in [0.1, 0.15) is 5.82 Å².